The van der Waals surface area contributed by atoms with Crippen molar-refractivity contribution < 1.29 is 0 Å². The van der Waals surface area contributed by atoms with Gasteiger partial charge in [-0.15, -0.1) is 0 Å². The fourth-order valence-corrected chi connectivity index (χ4v) is 0.454. The van der Waals surface area contributed by atoms with E-state index in [4.69, 9.17) is 0 Å². The van der Waals surface area contributed by atoms with Gasteiger partial charge in [-0.05, 0) is 26.1 Å². The smallest absolute Gasteiger partial charge is 0.0113 e. The highest BCUT2D eigenvalue weighted by Gasteiger charge is 1.72. The standard InChI is InChI=1S/C9H15N/c1-4-9(3)7-6-8-10-5-2/h4,6-8,10H,1,5H2,2-3H3/b8-6-,9-7-. The van der Waals surface area contributed by atoms with Gasteiger partial charge >= 0.3 is 0 Å². The number of hydrogen-bond donors (Lipinski definition) is 1. The predicted molar refractivity (Wildman–Crippen MR) is 46.8 cm³/mol. The molecule has 0 saturated heterocycles. The monoisotopic (exact) mass is 137 g/mol. The fourth-order valence-electron chi connectivity index (χ4n) is 0.454. The van der Waals surface area contributed by atoms with Crippen LogP contribution in [0.2, 0.25) is 0 Å². The molecule has 0 rings (SSSR count). The molecule has 0 atom stereocenters. The molecule has 0 fully saturated rings. The van der Waals surface area contributed by atoms with Gasteiger partial charge in [0.25, 0.3) is 0 Å². The van der Waals surface area contributed by atoms with E-state index in [9.17, 15) is 0 Å². The first-order valence-corrected chi connectivity index (χ1v) is 3.50. The van der Waals surface area contributed by atoms with Crippen LogP contribution < -0.4 is 5.32 Å². The second-order valence-electron chi connectivity index (χ2n) is 2.03. The van der Waals surface area contributed by atoms with Gasteiger partial charge in [0.15, 0.2) is 0 Å². The Hall–Kier alpha value is -0.980. The third-order valence-corrected chi connectivity index (χ3v) is 1.10. The quantitative estimate of drug-likeness (QED) is 0.586. The lowest BCUT2D eigenvalue weighted by atomic mass is 10.3. The van der Waals surface area contributed by atoms with E-state index in [1.54, 1.807) is 0 Å². The Morgan fingerprint density at radius 1 is 1.60 bits per heavy atom. The second-order valence-corrected chi connectivity index (χ2v) is 2.03. The minimum Gasteiger partial charge on any atom is -0.391 e. The molecule has 0 spiro atoms. The Balaban J connectivity index is 3.59. The molecule has 0 aromatic heterocycles. The number of nitrogens with one attached hydrogen (secondary N) is 1. The minimum atomic E-state index is 0.970. The van der Waals surface area contributed by atoms with Gasteiger partial charge in [0.2, 0.25) is 0 Å². The van der Waals surface area contributed by atoms with E-state index >= 15 is 0 Å². The fraction of sp³-hybridized carbons (Fsp3) is 0.333. The van der Waals surface area contributed by atoms with Gasteiger partial charge < -0.3 is 5.32 Å². The molecule has 56 valence electrons. The first kappa shape index (κ1) is 9.02. The highest BCUT2D eigenvalue weighted by Crippen LogP contribution is 1.91. The van der Waals surface area contributed by atoms with E-state index < -0.39 is 0 Å². The van der Waals surface area contributed by atoms with Crippen molar-refractivity contribution in [2.24, 2.45) is 0 Å². The summed E-state index contributed by atoms with van der Waals surface area (Å²) in [5.41, 5.74) is 1.18. The molecular formula is C9H15N. The molecule has 0 aliphatic carbocycles. The molecule has 0 saturated carbocycles. The lowest BCUT2D eigenvalue weighted by Crippen LogP contribution is -2.00. The summed E-state index contributed by atoms with van der Waals surface area (Å²) in [5, 5.41) is 3.07. The van der Waals surface area contributed by atoms with Crippen LogP contribution in [0, 0.1) is 0 Å². The van der Waals surface area contributed by atoms with Crippen LogP contribution in [-0.2, 0) is 0 Å². The first-order chi connectivity index (χ1) is 4.81. The van der Waals surface area contributed by atoms with Gasteiger partial charge in [-0.3, -0.25) is 0 Å². The van der Waals surface area contributed by atoms with Gasteiger partial charge in [-0.2, -0.15) is 0 Å². The van der Waals surface area contributed by atoms with Crippen LogP contribution in [0.1, 0.15) is 13.8 Å². The molecular weight excluding hydrogens is 122 g/mol. The van der Waals surface area contributed by atoms with Gasteiger partial charge in [0.05, 0.1) is 0 Å². The summed E-state index contributed by atoms with van der Waals surface area (Å²) in [4.78, 5) is 0. The van der Waals surface area contributed by atoms with Crippen LogP contribution in [0.5, 0.6) is 0 Å². The minimum absolute atomic E-state index is 0.970. The summed E-state index contributed by atoms with van der Waals surface area (Å²) in [6.45, 7) is 8.69. The molecule has 1 heteroatoms. The molecule has 0 aliphatic heterocycles. The Labute approximate surface area is 63.1 Å². The lowest BCUT2D eigenvalue weighted by Gasteiger charge is -1.89. The number of rotatable bonds is 4. The van der Waals surface area contributed by atoms with Crippen LogP contribution in [-0.4, -0.2) is 6.54 Å². The molecule has 0 aromatic rings. The summed E-state index contributed by atoms with van der Waals surface area (Å²) >= 11 is 0. The van der Waals surface area contributed by atoms with Crippen molar-refractivity contribution in [3.63, 3.8) is 0 Å². The summed E-state index contributed by atoms with van der Waals surface area (Å²) in [6.07, 6.45) is 7.74. The van der Waals surface area contributed by atoms with E-state index in [0.717, 1.165) is 6.54 Å². The summed E-state index contributed by atoms with van der Waals surface area (Å²) < 4.78 is 0. The largest absolute Gasteiger partial charge is 0.391 e. The van der Waals surface area contributed by atoms with Gasteiger partial charge in [0, 0.05) is 6.54 Å². The highest BCUT2D eigenvalue weighted by atomic mass is 14.8. The maximum atomic E-state index is 3.64. The third kappa shape index (κ3) is 5.16. The average molecular weight is 137 g/mol. The Bertz CT molecular complexity index is 143. The number of hydrogen-bond acceptors (Lipinski definition) is 1. The molecule has 0 aromatic carbocycles. The predicted octanol–water partition coefficient (Wildman–Crippen LogP) is 2.24. The first-order valence-electron chi connectivity index (χ1n) is 3.50. The van der Waals surface area contributed by atoms with Crippen molar-refractivity contribution in [2.45, 2.75) is 13.8 Å². The molecule has 1 N–H and O–H groups in total. The maximum Gasteiger partial charge on any atom is 0.0113 e. The van der Waals surface area contributed by atoms with E-state index in [1.165, 1.54) is 5.57 Å². The van der Waals surface area contributed by atoms with Crippen molar-refractivity contribution >= 4 is 0 Å². The van der Waals surface area contributed by atoms with Crippen molar-refractivity contribution in [2.75, 3.05) is 6.54 Å². The molecule has 0 amide bonds. The number of allylic oxidation sites excluding steroid dienone is 4. The van der Waals surface area contributed by atoms with Gasteiger partial charge in [0.1, 0.15) is 0 Å². The molecule has 0 unspecified atom stereocenters. The molecule has 0 bridgehead atoms. The zero-order valence-electron chi connectivity index (χ0n) is 6.72. The van der Waals surface area contributed by atoms with Gasteiger partial charge in [-0.25, -0.2) is 0 Å². The Morgan fingerprint density at radius 3 is 2.80 bits per heavy atom. The van der Waals surface area contributed by atoms with Crippen molar-refractivity contribution in [1.29, 1.82) is 0 Å². The van der Waals surface area contributed by atoms with E-state index in [2.05, 4.69) is 18.8 Å². The molecule has 0 radical (unpaired) electrons. The zero-order valence-corrected chi connectivity index (χ0v) is 6.72. The van der Waals surface area contributed by atoms with E-state index in [-0.39, 0.29) is 0 Å². The van der Waals surface area contributed by atoms with Crippen LogP contribution >= 0.6 is 0 Å². The molecule has 0 aliphatic rings. The van der Waals surface area contributed by atoms with Crippen LogP contribution in [0.15, 0.2) is 36.6 Å². The lowest BCUT2D eigenvalue weighted by molar-refractivity contribution is 0.919. The highest BCUT2D eigenvalue weighted by molar-refractivity contribution is 5.19. The Morgan fingerprint density at radius 2 is 2.30 bits per heavy atom. The molecule has 1 nitrogen and oxygen atoms in total. The molecule has 0 heterocycles. The van der Waals surface area contributed by atoms with Crippen LogP contribution in [0.4, 0.5) is 0 Å². The van der Waals surface area contributed by atoms with E-state index in [0.29, 0.717) is 0 Å². The van der Waals surface area contributed by atoms with Crippen LogP contribution in [0.25, 0.3) is 0 Å². The summed E-state index contributed by atoms with van der Waals surface area (Å²) in [7, 11) is 0. The topological polar surface area (TPSA) is 12.0 Å². The average Bonchev–Trinajstić information content (AvgIpc) is 1.98. The Kier molecular flexibility index (Phi) is 5.54. The zero-order chi connectivity index (χ0) is 7.82. The van der Waals surface area contributed by atoms with Crippen LogP contribution in [0.3, 0.4) is 0 Å². The van der Waals surface area contributed by atoms with Gasteiger partial charge in [-0.1, -0.05) is 24.3 Å². The third-order valence-electron chi connectivity index (χ3n) is 1.10. The maximum absolute atomic E-state index is 3.64. The summed E-state index contributed by atoms with van der Waals surface area (Å²) in [6, 6.07) is 0. The van der Waals surface area contributed by atoms with E-state index in [1.807, 2.05) is 31.4 Å². The second kappa shape index (κ2) is 6.14. The molecule has 10 heavy (non-hydrogen) atoms. The van der Waals surface area contributed by atoms with Crippen molar-refractivity contribution in [3.8, 4) is 0 Å². The van der Waals surface area contributed by atoms with Crippen molar-refractivity contribution in [3.05, 3.63) is 36.6 Å². The SMILES string of the molecule is C=C/C(C)=C\C=C/NCC. The summed E-state index contributed by atoms with van der Waals surface area (Å²) in [5.74, 6) is 0. The normalized spacial score (nSPS) is 12.0. The van der Waals surface area contributed by atoms with Crippen molar-refractivity contribution in [1.82, 2.24) is 5.32 Å².